The highest BCUT2D eigenvalue weighted by Gasteiger charge is 2.15. The van der Waals surface area contributed by atoms with Gasteiger partial charge >= 0.3 is 0 Å². The minimum Gasteiger partial charge on any atom is -0.352 e. The molecular formula is C16H19ClN4O. The second-order valence-corrected chi connectivity index (χ2v) is 6.10. The van der Waals surface area contributed by atoms with Gasteiger partial charge in [0, 0.05) is 17.5 Å². The molecule has 22 heavy (non-hydrogen) atoms. The molecule has 0 radical (unpaired) electrons. The molecule has 5 nitrogen and oxygen atoms in total. The van der Waals surface area contributed by atoms with Crippen LogP contribution in [0.3, 0.4) is 0 Å². The zero-order chi connectivity index (χ0) is 15.4. The van der Waals surface area contributed by atoms with Crippen molar-refractivity contribution in [3.05, 3.63) is 50.9 Å². The molecular weight excluding hydrogens is 300 g/mol. The van der Waals surface area contributed by atoms with E-state index in [4.69, 9.17) is 11.6 Å². The SMILES string of the molecule is O=c1[nH]c(NC2CCCCC2)nnc1Cc1ccccc1Cl. The number of anilines is 1. The summed E-state index contributed by atoms with van der Waals surface area (Å²) in [6.45, 7) is 0. The number of aromatic nitrogens is 3. The van der Waals surface area contributed by atoms with E-state index in [9.17, 15) is 4.79 Å². The highest BCUT2D eigenvalue weighted by atomic mass is 35.5. The normalized spacial score (nSPS) is 15.7. The molecule has 0 aliphatic heterocycles. The van der Waals surface area contributed by atoms with Crippen LogP contribution in [0.15, 0.2) is 29.1 Å². The van der Waals surface area contributed by atoms with E-state index in [0.717, 1.165) is 18.4 Å². The van der Waals surface area contributed by atoms with Crippen molar-refractivity contribution in [2.75, 3.05) is 5.32 Å². The van der Waals surface area contributed by atoms with Gasteiger partial charge in [-0.15, -0.1) is 10.2 Å². The molecule has 6 heteroatoms. The molecule has 0 spiro atoms. The molecule has 0 unspecified atom stereocenters. The maximum Gasteiger partial charge on any atom is 0.274 e. The second-order valence-electron chi connectivity index (χ2n) is 5.70. The summed E-state index contributed by atoms with van der Waals surface area (Å²) < 4.78 is 0. The van der Waals surface area contributed by atoms with Crippen LogP contribution < -0.4 is 10.9 Å². The molecule has 116 valence electrons. The van der Waals surface area contributed by atoms with Gasteiger partial charge in [-0.2, -0.15) is 0 Å². The summed E-state index contributed by atoms with van der Waals surface area (Å²) in [6, 6.07) is 7.82. The van der Waals surface area contributed by atoms with E-state index in [-0.39, 0.29) is 5.56 Å². The fourth-order valence-corrected chi connectivity index (χ4v) is 3.01. The fraction of sp³-hybridized carbons (Fsp3) is 0.438. The van der Waals surface area contributed by atoms with Crippen LogP contribution in [0.2, 0.25) is 5.02 Å². The van der Waals surface area contributed by atoms with E-state index in [1.54, 1.807) is 6.07 Å². The minimum atomic E-state index is -0.215. The highest BCUT2D eigenvalue weighted by molar-refractivity contribution is 6.31. The Morgan fingerprint density at radius 2 is 1.95 bits per heavy atom. The summed E-state index contributed by atoms with van der Waals surface area (Å²) in [5, 5.41) is 12.1. The third-order valence-electron chi connectivity index (χ3n) is 4.03. The lowest BCUT2D eigenvalue weighted by Crippen LogP contribution is -2.27. The summed E-state index contributed by atoms with van der Waals surface area (Å²) in [5.41, 5.74) is 1.03. The van der Waals surface area contributed by atoms with Crippen molar-refractivity contribution in [2.45, 2.75) is 44.6 Å². The van der Waals surface area contributed by atoms with Crippen molar-refractivity contribution in [1.82, 2.24) is 15.2 Å². The second kappa shape index (κ2) is 6.92. The van der Waals surface area contributed by atoms with Gasteiger partial charge < -0.3 is 5.32 Å². The zero-order valence-corrected chi connectivity index (χ0v) is 13.1. The number of nitrogens with one attached hydrogen (secondary N) is 2. The molecule has 2 N–H and O–H groups in total. The number of halogens is 1. The number of hydrogen-bond acceptors (Lipinski definition) is 4. The first-order valence-electron chi connectivity index (χ1n) is 7.68. The molecule has 0 saturated heterocycles. The topological polar surface area (TPSA) is 70.7 Å². The Morgan fingerprint density at radius 1 is 1.18 bits per heavy atom. The van der Waals surface area contributed by atoms with Crippen LogP contribution >= 0.6 is 11.6 Å². The standard InChI is InChI=1S/C16H19ClN4O/c17-13-9-5-4-6-11(13)10-14-15(22)19-16(21-20-14)18-12-7-2-1-3-8-12/h4-6,9,12H,1-3,7-8,10H2,(H2,18,19,21,22). The van der Waals surface area contributed by atoms with Crippen LogP contribution in [0.5, 0.6) is 0 Å². The lowest BCUT2D eigenvalue weighted by molar-refractivity contribution is 0.460. The maximum atomic E-state index is 12.2. The van der Waals surface area contributed by atoms with Crippen LogP contribution in [0.25, 0.3) is 0 Å². The van der Waals surface area contributed by atoms with Crippen LogP contribution in [-0.2, 0) is 6.42 Å². The number of aromatic amines is 1. The highest BCUT2D eigenvalue weighted by Crippen LogP contribution is 2.20. The maximum absolute atomic E-state index is 12.2. The van der Waals surface area contributed by atoms with Gasteiger partial charge in [0.25, 0.3) is 5.56 Å². The molecule has 1 aliphatic rings. The van der Waals surface area contributed by atoms with Crippen molar-refractivity contribution in [3.63, 3.8) is 0 Å². The molecule has 0 bridgehead atoms. The average Bonchev–Trinajstić information content (AvgIpc) is 2.53. The fourth-order valence-electron chi connectivity index (χ4n) is 2.80. The molecule has 1 heterocycles. The molecule has 0 atom stereocenters. The molecule has 1 fully saturated rings. The van der Waals surface area contributed by atoms with Gasteiger partial charge in [-0.3, -0.25) is 9.78 Å². The van der Waals surface area contributed by atoms with E-state index >= 15 is 0 Å². The van der Waals surface area contributed by atoms with Gasteiger partial charge in [-0.05, 0) is 24.5 Å². The Balaban J connectivity index is 1.72. The number of nitrogens with zero attached hydrogens (tertiary/aromatic N) is 2. The van der Waals surface area contributed by atoms with E-state index < -0.39 is 0 Å². The van der Waals surface area contributed by atoms with Crippen molar-refractivity contribution < 1.29 is 0 Å². The number of H-pyrrole nitrogens is 1. The lowest BCUT2D eigenvalue weighted by atomic mass is 9.96. The van der Waals surface area contributed by atoms with E-state index in [0.29, 0.717) is 29.1 Å². The van der Waals surface area contributed by atoms with Crippen LogP contribution in [0, 0.1) is 0 Å². The van der Waals surface area contributed by atoms with E-state index in [1.807, 2.05) is 18.2 Å². The lowest BCUT2D eigenvalue weighted by Gasteiger charge is -2.22. The molecule has 3 rings (SSSR count). The average molecular weight is 319 g/mol. The zero-order valence-electron chi connectivity index (χ0n) is 12.3. The van der Waals surface area contributed by atoms with Gasteiger partial charge in [0.1, 0.15) is 5.69 Å². The minimum absolute atomic E-state index is 0.215. The summed E-state index contributed by atoms with van der Waals surface area (Å²) in [4.78, 5) is 14.9. The van der Waals surface area contributed by atoms with Crippen molar-refractivity contribution in [1.29, 1.82) is 0 Å². The largest absolute Gasteiger partial charge is 0.352 e. The molecule has 1 aromatic heterocycles. The molecule has 0 amide bonds. The summed E-state index contributed by atoms with van der Waals surface area (Å²) in [7, 11) is 0. The Hall–Kier alpha value is -1.88. The van der Waals surface area contributed by atoms with Crippen LogP contribution in [0.4, 0.5) is 5.95 Å². The summed E-state index contributed by atoms with van der Waals surface area (Å²) in [5.74, 6) is 0.458. The van der Waals surface area contributed by atoms with E-state index in [2.05, 4.69) is 20.5 Å². The first-order chi connectivity index (χ1) is 10.7. The first kappa shape index (κ1) is 15.0. The van der Waals surface area contributed by atoms with Crippen molar-refractivity contribution in [2.24, 2.45) is 0 Å². The quantitative estimate of drug-likeness (QED) is 0.908. The smallest absolute Gasteiger partial charge is 0.274 e. The van der Waals surface area contributed by atoms with Crippen LogP contribution in [0.1, 0.15) is 43.4 Å². The van der Waals surface area contributed by atoms with Crippen molar-refractivity contribution in [3.8, 4) is 0 Å². The molecule has 2 aromatic rings. The van der Waals surface area contributed by atoms with Gasteiger partial charge in [-0.1, -0.05) is 49.1 Å². The Kier molecular flexibility index (Phi) is 4.73. The first-order valence-corrected chi connectivity index (χ1v) is 8.06. The van der Waals surface area contributed by atoms with Gasteiger partial charge in [0.2, 0.25) is 5.95 Å². The van der Waals surface area contributed by atoms with Crippen LogP contribution in [-0.4, -0.2) is 21.2 Å². The predicted octanol–water partition coefficient (Wildman–Crippen LogP) is 3.15. The van der Waals surface area contributed by atoms with Gasteiger partial charge in [0.15, 0.2) is 0 Å². The predicted molar refractivity (Wildman–Crippen MR) is 87.4 cm³/mol. The number of rotatable bonds is 4. The molecule has 1 saturated carbocycles. The third-order valence-corrected chi connectivity index (χ3v) is 4.40. The Bertz CT molecular complexity index is 695. The number of hydrogen-bond donors (Lipinski definition) is 2. The summed E-state index contributed by atoms with van der Waals surface area (Å²) in [6.07, 6.45) is 6.35. The third kappa shape index (κ3) is 3.65. The number of benzene rings is 1. The Labute approximate surface area is 134 Å². The van der Waals surface area contributed by atoms with E-state index in [1.165, 1.54) is 19.3 Å². The summed E-state index contributed by atoms with van der Waals surface area (Å²) >= 11 is 6.11. The monoisotopic (exact) mass is 318 g/mol. The van der Waals surface area contributed by atoms with Crippen molar-refractivity contribution >= 4 is 17.5 Å². The molecule has 1 aliphatic carbocycles. The van der Waals surface area contributed by atoms with Gasteiger partial charge in [0.05, 0.1) is 0 Å². The molecule has 1 aromatic carbocycles. The Morgan fingerprint density at radius 3 is 2.68 bits per heavy atom. The van der Waals surface area contributed by atoms with Gasteiger partial charge in [-0.25, -0.2) is 0 Å².